The van der Waals surface area contributed by atoms with E-state index in [0.29, 0.717) is 13.1 Å². The van der Waals surface area contributed by atoms with Crippen molar-refractivity contribution in [3.05, 3.63) is 102 Å². The van der Waals surface area contributed by atoms with Gasteiger partial charge in [0.25, 0.3) is 0 Å². The second-order valence-corrected chi connectivity index (χ2v) is 6.05. The molecule has 0 amide bonds. The maximum Gasteiger partial charge on any atom is 0.127 e. The van der Waals surface area contributed by atoms with Gasteiger partial charge in [0.15, 0.2) is 0 Å². The van der Waals surface area contributed by atoms with Crippen LogP contribution in [0.25, 0.3) is 0 Å². The molecule has 2 N–H and O–H groups in total. The summed E-state index contributed by atoms with van der Waals surface area (Å²) in [6.45, 7) is 1.07. The first kappa shape index (κ1) is 17.2. The average Bonchev–Trinajstić information content (AvgIpc) is 2.69. The van der Waals surface area contributed by atoms with Crippen LogP contribution in [0.4, 0.5) is 0 Å². The minimum Gasteiger partial charge on any atom is -0.497 e. The standard InChI is InChI=1S/C22H23NO2/c1-25-21-14-8-9-18(15-21)16-23-17-22(24,19-10-4-2-5-11-19)20-12-6-3-7-13-20/h2-15,23-24H,16-17H2,1H3. The third kappa shape index (κ3) is 4.08. The zero-order valence-electron chi connectivity index (χ0n) is 14.4. The van der Waals surface area contributed by atoms with Crippen molar-refractivity contribution in [1.29, 1.82) is 0 Å². The van der Waals surface area contributed by atoms with Gasteiger partial charge in [0.1, 0.15) is 11.4 Å². The van der Waals surface area contributed by atoms with E-state index >= 15 is 0 Å². The highest BCUT2D eigenvalue weighted by Gasteiger charge is 2.30. The van der Waals surface area contributed by atoms with Crippen LogP contribution in [0.2, 0.25) is 0 Å². The molecule has 0 aromatic heterocycles. The minimum absolute atomic E-state index is 0.415. The molecule has 3 aromatic carbocycles. The molecular weight excluding hydrogens is 310 g/mol. The lowest BCUT2D eigenvalue weighted by Gasteiger charge is -2.30. The molecule has 0 aliphatic rings. The van der Waals surface area contributed by atoms with E-state index in [2.05, 4.69) is 5.32 Å². The number of nitrogens with one attached hydrogen (secondary N) is 1. The molecule has 0 saturated carbocycles. The first-order valence-electron chi connectivity index (χ1n) is 8.39. The van der Waals surface area contributed by atoms with Crippen molar-refractivity contribution >= 4 is 0 Å². The highest BCUT2D eigenvalue weighted by Crippen LogP contribution is 2.29. The van der Waals surface area contributed by atoms with Gasteiger partial charge in [-0.05, 0) is 28.8 Å². The van der Waals surface area contributed by atoms with E-state index in [-0.39, 0.29) is 0 Å². The highest BCUT2D eigenvalue weighted by molar-refractivity contribution is 5.36. The fourth-order valence-electron chi connectivity index (χ4n) is 2.97. The molecule has 0 unspecified atom stereocenters. The first-order chi connectivity index (χ1) is 12.2. The molecule has 0 aliphatic heterocycles. The Hall–Kier alpha value is -2.62. The average molecular weight is 333 g/mol. The smallest absolute Gasteiger partial charge is 0.127 e. The lowest BCUT2D eigenvalue weighted by atomic mass is 9.86. The van der Waals surface area contributed by atoms with E-state index in [1.54, 1.807) is 7.11 Å². The Kier molecular flexibility index (Phi) is 5.49. The van der Waals surface area contributed by atoms with Crippen molar-refractivity contribution in [1.82, 2.24) is 5.32 Å². The summed E-state index contributed by atoms with van der Waals surface area (Å²) in [5.74, 6) is 0.834. The molecule has 3 heteroatoms. The topological polar surface area (TPSA) is 41.5 Å². The summed E-state index contributed by atoms with van der Waals surface area (Å²) in [5, 5.41) is 14.8. The second kappa shape index (κ2) is 7.97. The fraction of sp³-hybridized carbons (Fsp3) is 0.182. The normalized spacial score (nSPS) is 11.3. The number of hydrogen-bond acceptors (Lipinski definition) is 3. The molecular formula is C22H23NO2. The number of aliphatic hydroxyl groups is 1. The summed E-state index contributed by atoms with van der Waals surface area (Å²) >= 11 is 0. The molecule has 3 nitrogen and oxygen atoms in total. The molecule has 0 saturated heterocycles. The van der Waals surface area contributed by atoms with E-state index in [0.717, 1.165) is 22.4 Å². The monoisotopic (exact) mass is 333 g/mol. The van der Waals surface area contributed by atoms with Gasteiger partial charge in [0.05, 0.1) is 7.11 Å². The van der Waals surface area contributed by atoms with Gasteiger partial charge in [-0.1, -0.05) is 72.8 Å². The second-order valence-electron chi connectivity index (χ2n) is 6.05. The third-order valence-electron chi connectivity index (χ3n) is 4.35. The van der Waals surface area contributed by atoms with E-state index < -0.39 is 5.60 Å². The summed E-state index contributed by atoms with van der Waals surface area (Å²) in [6, 6.07) is 27.5. The fourth-order valence-corrected chi connectivity index (χ4v) is 2.97. The Bertz CT molecular complexity index is 748. The zero-order valence-corrected chi connectivity index (χ0v) is 14.4. The van der Waals surface area contributed by atoms with Crippen molar-refractivity contribution < 1.29 is 9.84 Å². The van der Waals surface area contributed by atoms with Crippen molar-refractivity contribution in [3.8, 4) is 5.75 Å². The van der Waals surface area contributed by atoms with Crippen LogP contribution in [0.3, 0.4) is 0 Å². The molecule has 3 aromatic rings. The van der Waals surface area contributed by atoms with Crippen LogP contribution in [0.1, 0.15) is 16.7 Å². The first-order valence-corrected chi connectivity index (χ1v) is 8.39. The van der Waals surface area contributed by atoms with Gasteiger partial charge in [0.2, 0.25) is 0 Å². The maximum absolute atomic E-state index is 11.4. The van der Waals surface area contributed by atoms with E-state index in [9.17, 15) is 5.11 Å². The summed E-state index contributed by atoms with van der Waals surface area (Å²) in [4.78, 5) is 0. The van der Waals surface area contributed by atoms with Gasteiger partial charge in [-0.15, -0.1) is 0 Å². The molecule has 0 atom stereocenters. The van der Waals surface area contributed by atoms with Crippen LogP contribution < -0.4 is 10.1 Å². The minimum atomic E-state index is -1.08. The Morgan fingerprint density at radius 2 is 1.44 bits per heavy atom. The van der Waals surface area contributed by atoms with Crippen LogP contribution in [0.15, 0.2) is 84.9 Å². The van der Waals surface area contributed by atoms with E-state index in [1.807, 2.05) is 84.9 Å². The quantitative estimate of drug-likeness (QED) is 0.692. The lowest BCUT2D eigenvalue weighted by Crippen LogP contribution is -2.39. The van der Waals surface area contributed by atoms with Crippen LogP contribution >= 0.6 is 0 Å². The Morgan fingerprint density at radius 3 is 2.00 bits per heavy atom. The summed E-state index contributed by atoms with van der Waals surface area (Å²) in [7, 11) is 1.66. The van der Waals surface area contributed by atoms with Crippen LogP contribution in [0, 0.1) is 0 Å². The number of hydrogen-bond donors (Lipinski definition) is 2. The number of methoxy groups -OCH3 is 1. The van der Waals surface area contributed by atoms with Gasteiger partial charge in [-0.25, -0.2) is 0 Å². The third-order valence-corrected chi connectivity index (χ3v) is 4.35. The largest absolute Gasteiger partial charge is 0.497 e. The molecule has 3 rings (SSSR count). The Labute approximate surface area is 148 Å². The van der Waals surface area contributed by atoms with Crippen LogP contribution in [-0.4, -0.2) is 18.8 Å². The molecule has 0 spiro atoms. The van der Waals surface area contributed by atoms with Crippen molar-refractivity contribution in [3.63, 3.8) is 0 Å². The van der Waals surface area contributed by atoms with E-state index in [4.69, 9.17) is 4.74 Å². The van der Waals surface area contributed by atoms with Crippen molar-refractivity contribution in [2.45, 2.75) is 12.1 Å². The number of rotatable bonds is 7. The predicted octanol–water partition coefficient (Wildman–Crippen LogP) is 3.72. The Morgan fingerprint density at radius 1 is 0.840 bits per heavy atom. The van der Waals surface area contributed by atoms with Crippen molar-refractivity contribution in [2.24, 2.45) is 0 Å². The Balaban J connectivity index is 1.79. The SMILES string of the molecule is COc1cccc(CNCC(O)(c2ccccc2)c2ccccc2)c1. The molecule has 128 valence electrons. The van der Waals surface area contributed by atoms with Gasteiger partial charge in [0, 0.05) is 13.1 Å². The van der Waals surface area contributed by atoms with Gasteiger partial charge >= 0.3 is 0 Å². The number of benzene rings is 3. The lowest BCUT2D eigenvalue weighted by molar-refractivity contribution is 0.0796. The van der Waals surface area contributed by atoms with Crippen LogP contribution in [0.5, 0.6) is 5.75 Å². The van der Waals surface area contributed by atoms with Gasteiger partial charge in [-0.3, -0.25) is 0 Å². The van der Waals surface area contributed by atoms with Gasteiger partial charge in [-0.2, -0.15) is 0 Å². The molecule has 0 bridgehead atoms. The van der Waals surface area contributed by atoms with E-state index in [1.165, 1.54) is 0 Å². The number of ether oxygens (including phenoxy) is 1. The van der Waals surface area contributed by atoms with Crippen molar-refractivity contribution in [2.75, 3.05) is 13.7 Å². The molecule has 0 heterocycles. The zero-order chi connectivity index (χ0) is 17.5. The molecule has 25 heavy (non-hydrogen) atoms. The van der Waals surface area contributed by atoms with Crippen LogP contribution in [-0.2, 0) is 12.1 Å². The molecule has 0 radical (unpaired) electrons. The summed E-state index contributed by atoms with van der Waals surface area (Å²) in [6.07, 6.45) is 0. The predicted molar refractivity (Wildman–Crippen MR) is 101 cm³/mol. The summed E-state index contributed by atoms with van der Waals surface area (Å²) < 4.78 is 5.26. The highest BCUT2D eigenvalue weighted by atomic mass is 16.5. The summed E-state index contributed by atoms with van der Waals surface area (Å²) in [5.41, 5.74) is 1.78. The molecule has 0 fully saturated rings. The molecule has 0 aliphatic carbocycles. The maximum atomic E-state index is 11.4. The van der Waals surface area contributed by atoms with Gasteiger partial charge < -0.3 is 15.2 Å².